The Balaban J connectivity index is 1.34. The molecule has 1 aromatic heterocycles. The van der Waals surface area contributed by atoms with Gasteiger partial charge in [0.1, 0.15) is 12.4 Å². The van der Waals surface area contributed by atoms with E-state index in [1.807, 2.05) is 53.1 Å². The fourth-order valence-electron chi connectivity index (χ4n) is 4.11. The van der Waals surface area contributed by atoms with Gasteiger partial charge >= 0.3 is 0 Å². The minimum absolute atomic E-state index is 0.0787. The van der Waals surface area contributed by atoms with E-state index in [1.165, 1.54) is 0 Å². The molecule has 1 N–H and O–H groups in total. The van der Waals surface area contributed by atoms with Gasteiger partial charge < -0.3 is 10.2 Å². The van der Waals surface area contributed by atoms with Crippen molar-refractivity contribution in [2.75, 3.05) is 11.1 Å². The number of thioether (sulfide) groups is 1. The molecule has 3 aromatic rings. The third-order valence-corrected chi connectivity index (χ3v) is 7.12. The lowest BCUT2D eigenvalue weighted by molar-refractivity contribution is -0.135. The van der Waals surface area contributed by atoms with Crippen LogP contribution in [0, 0.1) is 0 Å². The van der Waals surface area contributed by atoms with Crippen LogP contribution in [0.2, 0.25) is 0 Å². The number of rotatable bonds is 3. The summed E-state index contributed by atoms with van der Waals surface area (Å²) in [5.41, 5.74) is 3.68. The van der Waals surface area contributed by atoms with Crippen LogP contribution in [0.5, 0.6) is 0 Å². The second-order valence-electron chi connectivity index (χ2n) is 7.40. The fourth-order valence-corrected chi connectivity index (χ4v) is 5.54. The lowest BCUT2D eigenvalue weighted by Gasteiger charge is -2.29. The predicted octanol–water partition coefficient (Wildman–Crippen LogP) is 3.42. The molecule has 0 spiro atoms. The van der Waals surface area contributed by atoms with Crippen molar-refractivity contribution in [1.82, 2.24) is 14.5 Å². The molecule has 142 valence electrons. The molecule has 28 heavy (non-hydrogen) atoms. The molecule has 0 saturated carbocycles. The topological polar surface area (TPSA) is 67.2 Å². The molecule has 0 unspecified atom stereocenters. The van der Waals surface area contributed by atoms with Crippen molar-refractivity contribution in [2.24, 2.45) is 0 Å². The Morgan fingerprint density at radius 2 is 2.00 bits per heavy atom. The molecule has 2 aromatic carbocycles. The van der Waals surface area contributed by atoms with Crippen molar-refractivity contribution < 1.29 is 9.59 Å². The first-order valence-electron chi connectivity index (χ1n) is 9.35. The number of aromatic nitrogens is 2. The van der Waals surface area contributed by atoms with Gasteiger partial charge in [-0.25, -0.2) is 4.98 Å². The molecule has 7 heteroatoms. The van der Waals surface area contributed by atoms with Crippen molar-refractivity contribution >= 4 is 40.3 Å². The molecule has 2 aliphatic rings. The minimum Gasteiger partial charge on any atom is -0.324 e. The Morgan fingerprint density at radius 3 is 2.82 bits per heavy atom. The van der Waals surface area contributed by atoms with Gasteiger partial charge in [-0.3, -0.25) is 14.2 Å². The highest BCUT2D eigenvalue weighted by Gasteiger charge is 2.52. The second kappa shape index (κ2) is 6.38. The Morgan fingerprint density at radius 1 is 1.21 bits per heavy atom. The van der Waals surface area contributed by atoms with Gasteiger partial charge in [-0.2, -0.15) is 0 Å². The van der Waals surface area contributed by atoms with Crippen molar-refractivity contribution in [3.05, 3.63) is 54.9 Å². The standard InChI is InChI=1S/C21H20N4O2S/c1-21-11-10-19(26)25(21)18(12-28-21)20(27)23-14-6-8-15(9-7-14)24-13-22-16-4-2-3-5-17(16)24/h2-9,13,18H,10-12H2,1H3,(H,23,27)/t18-,21+/m0/s1. The van der Waals surface area contributed by atoms with E-state index in [-0.39, 0.29) is 16.7 Å². The van der Waals surface area contributed by atoms with Crippen LogP contribution in [0.3, 0.4) is 0 Å². The molecule has 2 aliphatic heterocycles. The van der Waals surface area contributed by atoms with E-state index in [2.05, 4.69) is 17.2 Å². The molecule has 0 radical (unpaired) electrons. The summed E-state index contributed by atoms with van der Waals surface area (Å²) in [6, 6.07) is 15.2. The van der Waals surface area contributed by atoms with Crippen LogP contribution in [0.15, 0.2) is 54.9 Å². The number of hydrogen-bond donors (Lipinski definition) is 1. The Bertz CT molecular complexity index is 1080. The van der Waals surface area contributed by atoms with E-state index in [4.69, 9.17) is 0 Å². The third-order valence-electron chi connectivity index (χ3n) is 5.61. The zero-order valence-electron chi connectivity index (χ0n) is 15.5. The zero-order chi connectivity index (χ0) is 19.3. The number of fused-ring (bicyclic) bond motifs is 2. The van der Waals surface area contributed by atoms with Crippen LogP contribution in [-0.2, 0) is 9.59 Å². The summed E-state index contributed by atoms with van der Waals surface area (Å²) in [5, 5.41) is 2.97. The number of nitrogens with one attached hydrogen (secondary N) is 1. The van der Waals surface area contributed by atoms with Gasteiger partial charge in [-0.15, -0.1) is 11.8 Å². The molecule has 2 amide bonds. The lowest BCUT2D eigenvalue weighted by atomic mass is 10.2. The van der Waals surface area contributed by atoms with Crippen molar-refractivity contribution in [1.29, 1.82) is 0 Å². The highest BCUT2D eigenvalue weighted by molar-refractivity contribution is 8.01. The second-order valence-corrected chi connectivity index (χ2v) is 8.91. The van der Waals surface area contributed by atoms with Gasteiger partial charge in [-0.1, -0.05) is 12.1 Å². The normalized spacial score (nSPS) is 24.0. The molecule has 2 atom stereocenters. The summed E-state index contributed by atoms with van der Waals surface area (Å²) in [7, 11) is 0. The van der Waals surface area contributed by atoms with Crippen LogP contribution in [-0.4, -0.2) is 42.9 Å². The number of carbonyl (C=O) groups excluding carboxylic acids is 2. The molecular formula is C21H20N4O2S. The first-order chi connectivity index (χ1) is 13.5. The van der Waals surface area contributed by atoms with Crippen molar-refractivity contribution in [3.8, 4) is 5.69 Å². The van der Waals surface area contributed by atoms with Crippen molar-refractivity contribution in [2.45, 2.75) is 30.7 Å². The van der Waals surface area contributed by atoms with Gasteiger partial charge in [0.2, 0.25) is 11.8 Å². The monoisotopic (exact) mass is 392 g/mol. The van der Waals surface area contributed by atoms with Crippen LogP contribution < -0.4 is 5.32 Å². The number of benzene rings is 2. The number of carbonyl (C=O) groups is 2. The largest absolute Gasteiger partial charge is 0.324 e. The van der Waals surface area contributed by atoms with E-state index in [0.29, 0.717) is 12.2 Å². The highest BCUT2D eigenvalue weighted by Crippen LogP contribution is 2.47. The van der Waals surface area contributed by atoms with Gasteiger partial charge in [0.15, 0.2) is 0 Å². The van der Waals surface area contributed by atoms with E-state index in [0.717, 1.165) is 28.8 Å². The predicted molar refractivity (Wildman–Crippen MR) is 110 cm³/mol. The molecule has 2 saturated heterocycles. The average Bonchev–Trinajstić information content (AvgIpc) is 3.36. The minimum atomic E-state index is -0.401. The summed E-state index contributed by atoms with van der Waals surface area (Å²) < 4.78 is 2.02. The van der Waals surface area contributed by atoms with Gasteiger partial charge in [0, 0.05) is 23.5 Å². The summed E-state index contributed by atoms with van der Waals surface area (Å²) in [6.45, 7) is 2.06. The first kappa shape index (κ1) is 17.3. The lowest BCUT2D eigenvalue weighted by Crippen LogP contribution is -2.48. The van der Waals surface area contributed by atoms with E-state index in [9.17, 15) is 9.59 Å². The van der Waals surface area contributed by atoms with Gasteiger partial charge in [0.05, 0.1) is 15.9 Å². The molecule has 3 heterocycles. The van der Waals surface area contributed by atoms with Gasteiger partial charge in [-0.05, 0) is 49.7 Å². The van der Waals surface area contributed by atoms with Crippen LogP contribution in [0.4, 0.5) is 5.69 Å². The third kappa shape index (κ3) is 2.69. The number of nitrogens with zero attached hydrogens (tertiary/aromatic N) is 3. The molecule has 5 rings (SSSR count). The summed E-state index contributed by atoms with van der Waals surface area (Å²) in [4.78, 5) is 31.0. The van der Waals surface area contributed by atoms with Crippen molar-refractivity contribution in [3.63, 3.8) is 0 Å². The zero-order valence-corrected chi connectivity index (χ0v) is 16.3. The summed E-state index contributed by atoms with van der Waals surface area (Å²) >= 11 is 1.70. The molecule has 0 bridgehead atoms. The fraction of sp³-hybridized carbons (Fsp3) is 0.286. The molecule has 2 fully saturated rings. The van der Waals surface area contributed by atoms with Crippen LogP contribution in [0.1, 0.15) is 19.8 Å². The number of para-hydroxylation sites is 2. The average molecular weight is 392 g/mol. The highest BCUT2D eigenvalue weighted by atomic mass is 32.2. The molecular weight excluding hydrogens is 372 g/mol. The number of anilines is 1. The molecule has 6 nitrogen and oxygen atoms in total. The quantitative estimate of drug-likeness (QED) is 0.742. The van der Waals surface area contributed by atoms with E-state index < -0.39 is 6.04 Å². The maximum Gasteiger partial charge on any atom is 0.248 e. The SMILES string of the molecule is C[C@@]12CCC(=O)N1[C@H](C(=O)Nc1ccc(-n3cnc4ccccc43)cc1)CS2. The maximum atomic E-state index is 12.8. The summed E-state index contributed by atoms with van der Waals surface area (Å²) in [5.74, 6) is 0.606. The first-order valence-corrected chi connectivity index (χ1v) is 10.3. The Hall–Kier alpha value is -2.80. The van der Waals surface area contributed by atoms with Gasteiger partial charge in [0.25, 0.3) is 0 Å². The Kier molecular flexibility index (Phi) is 3.94. The van der Waals surface area contributed by atoms with Crippen LogP contribution in [0.25, 0.3) is 16.7 Å². The summed E-state index contributed by atoms with van der Waals surface area (Å²) in [6.07, 6.45) is 3.14. The number of hydrogen-bond acceptors (Lipinski definition) is 4. The van der Waals surface area contributed by atoms with E-state index in [1.54, 1.807) is 23.0 Å². The number of amides is 2. The number of imidazole rings is 1. The molecule has 0 aliphatic carbocycles. The van der Waals surface area contributed by atoms with Crippen LogP contribution >= 0.6 is 11.8 Å². The Labute approximate surface area is 166 Å². The van der Waals surface area contributed by atoms with E-state index >= 15 is 0 Å². The maximum absolute atomic E-state index is 12.8. The smallest absolute Gasteiger partial charge is 0.248 e.